The van der Waals surface area contributed by atoms with E-state index >= 15 is 0 Å². The van der Waals surface area contributed by atoms with Crippen molar-refractivity contribution in [3.8, 4) is 11.5 Å². The topological polar surface area (TPSA) is 76.7 Å². The molecule has 29 heavy (non-hydrogen) atoms. The van der Waals surface area contributed by atoms with Crippen LogP contribution in [0.4, 0.5) is 4.39 Å². The molecule has 6 nitrogen and oxygen atoms in total. The number of benzene rings is 2. The summed E-state index contributed by atoms with van der Waals surface area (Å²) in [5.74, 6) is -0.177. The molecule has 2 amide bonds. The molecule has 3 saturated carbocycles. The van der Waals surface area contributed by atoms with Crippen LogP contribution in [0, 0.1) is 5.82 Å². The first kappa shape index (κ1) is 19.5. The van der Waals surface area contributed by atoms with Crippen LogP contribution in [0.3, 0.4) is 0 Å². The van der Waals surface area contributed by atoms with Crippen molar-refractivity contribution in [1.29, 1.82) is 0 Å². The van der Waals surface area contributed by atoms with Crippen LogP contribution >= 0.6 is 11.6 Å². The molecule has 152 valence electrons. The number of hydrogen-bond acceptors (Lipinski definition) is 4. The summed E-state index contributed by atoms with van der Waals surface area (Å²) in [4.78, 5) is 24.6. The van der Waals surface area contributed by atoms with Gasteiger partial charge in [-0.3, -0.25) is 9.59 Å². The lowest BCUT2D eigenvalue weighted by Crippen LogP contribution is -2.84. The quantitative estimate of drug-likeness (QED) is 0.724. The molecule has 3 aliphatic rings. The summed E-state index contributed by atoms with van der Waals surface area (Å²) in [6.07, 6.45) is 2.03. The Bertz CT molecular complexity index is 961. The van der Waals surface area contributed by atoms with Crippen LogP contribution in [0.15, 0.2) is 42.5 Å². The number of carbonyl (C=O) groups excluding carboxylic acids is 2. The molecule has 0 heterocycles. The van der Waals surface area contributed by atoms with Gasteiger partial charge in [-0.25, -0.2) is 4.39 Å². The zero-order chi connectivity index (χ0) is 20.6. The van der Waals surface area contributed by atoms with E-state index < -0.39 is 5.82 Å². The number of nitrogens with one attached hydrogen (secondary N) is 2. The largest absolute Gasteiger partial charge is 0.497 e. The van der Waals surface area contributed by atoms with Gasteiger partial charge in [0, 0.05) is 22.7 Å². The fraction of sp³-hybridized carbons (Fsp3) is 0.333. The van der Waals surface area contributed by atoms with Crippen molar-refractivity contribution in [2.75, 3.05) is 13.7 Å². The van der Waals surface area contributed by atoms with Crippen LogP contribution in [-0.2, 0) is 4.79 Å². The van der Waals surface area contributed by atoms with Crippen LogP contribution in [0.25, 0.3) is 0 Å². The first-order chi connectivity index (χ1) is 13.8. The summed E-state index contributed by atoms with van der Waals surface area (Å²) in [5, 5.41) is 6.02. The fourth-order valence-electron chi connectivity index (χ4n) is 4.18. The van der Waals surface area contributed by atoms with Gasteiger partial charge in [0.15, 0.2) is 6.61 Å². The lowest BCUT2D eigenvalue weighted by molar-refractivity contribution is -0.141. The van der Waals surface area contributed by atoms with E-state index in [0.29, 0.717) is 30.6 Å². The van der Waals surface area contributed by atoms with Gasteiger partial charge < -0.3 is 20.1 Å². The van der Waals surface area contributed by atoms with E-state index in [1.165, 1.54) is 12.1 Å². The molecule has 2 aromatic rings. The normalized spacial score (nSPS) is 24.0. The third-order valence-corrected chi connectivity index (χ3v) is 5.71. The molecule has 0 radical (unpaired) electrons. The van der Waals surface area contributed by atoms with Crippen molar-refractivity contribution < 1.29 is 23.5 Å². The van der Waals surface area contributed by atoms with Gasteiger partial charge in [-0.2, -0.15) is 0 Å². The van der Waals surface area contributed by atoms with Crippen molar-refractivity contribution >= 4 is 23.4 Å². The van der Waals surface area contributed by atoms with Crippen molar-refractivity contribution in [1.82, 2.24) is 10.6 Å². The minimum Gasteiger partial charge on any atom is -0.497 e. The number of amides is 2. The Balaban J connectivity index is 1.24. The minimum atomic E-state index is -0.599. The molecule has 0 aromatic heterocycles. The number of carbonyl (C=O) groups is 2. The highest BCUT2D eigenvalue weighted by Gasteiger charge is 2.69. The molecule has 5 rings (SSSR count). The SMILES string of the molecule is COc1cccc(C(=O)NC23CC(NC(=O)COc4ccc(Cl)c(F)c4)(C2)C3)c1. The maximum absolute atomic E-state index is 13.4. The van der Waals surface area contributed by atoms with E-state index in [9.17, 15) is 14.0 Å². The van der Waals surface area contributed by atoms with Crippen molar-refractivity contribution in [3.63, 3.8) is 0 Å². The Labute approximate surface area is 172 Å². The Kier molecular flexibility index (Phi) is 4.86. The molecule has 3 aliphatic carbocycles. The summed E-state index contributed by atoms with van der Waals surface area (Å²) in [6.45, 7) is -0.216. The van der Waals surface area contributed by atoms with E-state index in [4.69, 9.17) is 21.1 Å². The Morgan fingerprint density at radius 3 is 2.48 bits per heavy atom. The van der Waals surface area contributed by atoms with Gasteiger partial charge in [0.05, 0.1) is 12.1 Å². The molecule has 2 aromatic carbocycles. The summed E-state index contributed by atoms with van der Waals surface area (Å²) in [6, 6.07) is 11.0. The standard InChI is InChI=1S/C21H20ClFN2O4/c1-28-14-4-2-3-13(7-14)19(27)25-21-10-20(11-21,12-21)24-18(26)9-29-15-5-6-16(22)17(23)8-15/h2-8H,9-12H2,1H3,(H,24,26)(H,25,27). The number of methoxy groups -OCH3 is 1. The zero-order valence-electron chi connectivity index (χ0n) is 15.8. The molecule has 3 fully saturated rings. The van der Waals surface area contributed by atoms with Crippen molar-refractivity contribution in [2.24, 2.45) is 0 Å². The lowest BCUT2D eigenvalue weighted by atomic mass is 9.44. The second-order valence-corrected chi connectivity index (χ2v) is 8.10. The Morgan fingerprint density at radius 2 is 1.79 bits per heavy atom. The van der Waals surface area contributed by atoms with E-state index in [1.807, 2.05) is 0 Å². The molecular formula is C21H20ClFN2O4. The van der Waals surface area contributed by atoms with E-state index in [1.54, 1.807) is 31.4 Å². The highest BCUT2D eigenvalue weighted by Crippen LogP contribution is 2.60. The molecule has 2 bridgehead atoms. The lowest BCUT2D eigenvalue weighted by Gasteiger charge is -2.70. The summed E-state index contributed by atoms with van der Waals surface area (Å²) >= 11 is 5.62. The van der Waals surface area contributed by atoms with Crippen molar-refractivity contribution in [3.05, 3.63) is 58.9 Å². The van der Waals surface area contributed by atoms with Crippen molar-refractivity contribution in [2.45, 2.75) is 30.3 Å². The smallest absolute Gasteiger partial charge is 0.258 e. The maximum atomic E-state index is 13.4. The van der Waals surface area contributed by atoms with E-state index in [2.05, 4.69) is 10.6 Å². The monoisotopic (exact) mass is 418 g/mol. The number of rotatable bonds is 7. The van der Waals surface area contributed by atoms with Gasteiger partial charge in [-0.15, -0.1) is 0 Å². The number of hydrogen-bond donors (Lipinski definition) is 2. The molecule has 0 saturated heterocycles. The molecule has 0 unspecified atom stereocenters. The average molecular weight is 419 g/mol. The zero-order valence-corrected chi connectivity index (χ0v) is 16.5. The highest BCUT2D eigenvalue weighted by atomic mass is 35.5. The first-order valence-electron chi connectivity index (χ1n) is 9.18. The maximum Gasteiger partial charge on any atom is 0.258 e. The molecule has 8 heteroatoms. The minimum absolute atomic E-state index is 0.00281. The summed E-state index contributed by atoms with van der Waals surface area (Å²) < 4.78 is 23.9. The van der Waals surface area contributed by atoms with Gasteiger partial charge >= 0.3 is 0 Å². The third-order valence-electron chi connectivity index (χ3n) is 5.41. The Morgan fingerprint density at radius 1 is 1.07 bits per heavy atom. The molecule has 0 aliphatic heterocycles. The van der Waals surface area contributed by atoms with Crippen LogP contribution in [0.2, 0.25) is 5.02 Å². The van der Waals surface area contributed by atoms with Crippen LogP contribution < -0.4 is 20.1 Å². The average Bonchev–Trinajstić information content (AvgIpc) is 2.66. The van der Waals surface area contributed by atoms with Gasteiger partial charge in [0.1, 0.15) is 17.3 Å². The molecular weight excluding hydrogens is 399 g/mol. The summed E-state index contributed by atoms with van der Waals surface area (Å²) in [5.41, 5.74) is -0.0308. The first-order valence-corrected chi connectivity index (χ1v) is 9.55. The van der Waals surface area contributed by atoms with E-state index in [-0.39, 0.29) is 40.3 Å². The number of ether oxygens (including phenoxy) is 2. The number of halogens is 2. The van der Waals surface area contributed by atoms with E-state index in [0.717, 1.165) is 6.07 Å². The highest BCUT2D eigenvalue weighted by molar-refractivity contribution is 6.30. The van der Waals surface area contributed by atoms with Crippen LogP contribution in [0.5, 0.6) is 11.5 Å². The fourth-order valence-corrected chi connectivity index (χ4v) is 4.30. The summed E-state index contributed by atoms with van der Waals surface area (Å²) in [7, 11) is 1.55. The van der Waals surface area contributed by atoms with Crippen LogP contribution in [0.1, 0.15) is 29.6 Å². The van der Waals surface area contributed by atoms with Gasteiger partial charge in [-0.1, -0.05) is 17.7 Å². The van der Waals surface area contributed by atoms with Crippen LogP contribution in [-0.4, -0.2) is 36.6 Å². The molecule has 2 N–H and O–H groups in total. The van der Waals surface area contributed by atoms with Gasteiger partial charge in [0.2, 0.25) is 0 Å². The molecule has 0 atom stereocenters. The second-order valence-electron chi connectivity index (χ2n) is 7.69. The second kappa shape index (κ2) is 7.22. The third kappa shape index (κ3) is 3.87. The molecule has 0 spiro atoms. The van der Waals surface area contributed by atoms with Gasteiger partial charge in [0.25, 0.3) is 11.8 Å². The van der Waals surface area contributed by atoms with Gasteiger partial charge in [-0.05, 0) is 49.6 Å². The predicted molar refractivity (Wildman–Crippen MR) is 105 cm³/mol. The predicted octanol–water partition coefficient (Wildman–Crippen LogP) is 3.09. The Hall–Kier alpha value is -2.80.